The van der Waals surface area contributed by atoms with Crippen LogP contribution >= 0.6 is 0 Å². The lowest BCUT2D eigenvalue weighted by Gasteiger charge is -2.45. The van der Waals surface area contributed by atoms with Crippen LogP contribution in [-0.2, 0) is 0 Å². The highest BCUT2D eigenvalue weighted by Gasteiger charge is 2.36. The number of hydrogen-bond acceptors (Lipinski definition) is 3. The number of fused-ring (bicyclic) bond motifs is 1. The van der Waals surface area contributed by atoms with Crippen molar-refractivity contribution in [2.45, 2.75) is 45.1 Å². The monoisotopic (exact) mass is 251 g/mol. The van der Waals surface area contributed by atoms with Gasteiger partial charge in [0, 0.05) is 32.2 Å². The van der Waals surface area contributed by atoms with Gasteiger partial charge in [-0.15, -0.1) is 0 Å². The van der Waals surface area contributed by atoms with Crippen molar-refractivity contribution < 1.29 is 0 Å². The molecule has 0 aliphatic carbocycles. The third kappa shape index (κ3) is 2.59. The van der Waals surface area contributed by atoms with Crippen LogP contribution in [0.4, 0.5) is 0 Å². The Balaban J connectivity index is 1.58. The van der Waals surface area contributed by atoms with Crippen molar-refractivity contribution in [3.63, 3.8) is 0 Å². The summed E-state index contributed by atoms with van der Waals surface area (Å²) in [5.41, 5.74) is 0.617. The topological polar surface area (TPSA) is 18.5 Å². The van der Waals surface area contributed by atoms with Crippen molar-refractivity contribution in [3.8, 4) is 0 Å². The molecule has 0 bridgehead atoms. The second-order valence-electron chi connectivity index (χ2n) is 6.67. The van der Waals surface area contributed by atoms with Gasteiger partial charge in [0.25, 0.3) is 0 Å². The number of nitrogens with one attached hydrogen (secondary N) is 1. The largest absolute Gasteiger partial charge is 0.317 e. The Morgan fingerprint density at radius 2 is 2.00 bits per heavy atom. The number of piperazine rings is 1. The molecule has 3 heterocycles. The molecule has 3 heteroatoms. The van der Waals surface area contributed by atoms with Gasteiger partial charge in [-0.1, -0.05) is 6.92 Å². The first-order chi connectivity index (χ1) is 8.81. The minimum atomic E-state index is 0.617. The molecule has 0 radical (unpaired) electrons. The zero-order valence-electron chi connectivity index (χ0n) is 12.0. The Kier molecular flexibility index (Phi) is 3.92. The van der Waals surface area contributed by atoms with E-state index in [1.165, 1.54) is 77.9 Å². The average Bonchev–Trinajstić information content (AvgIpc) is 2.87. The van der Waals surface area contributed by atoms with Gasteiger partial charge >= 0.3 is 0 Å². The van der Waals surface area contributed by atoms with Gasteiger partial charge in [-0.05, 0) is 57.2 Å². The third-order valence-electron chi connectivity index (χ3n) is 5.64. The summed E-state index contributed by atoms with van der Waals surface area (Å²) in [7, 11) is 0. The van der Waals surface area contributed by atoms with Crippen LogP contribution in [0.2, 0.25) is 0 Å². The fourth-order valence-electron chi connectivity index (χ4n) is 4.25. The van der Waals surface area contributed by atoms with Crippen LogP contribution in [0.3, 0.4) is 0 Å². The molecule has 1 N–H and O–H groups in total. The lowest BCUT2D eigenvalue weighted by molar-refractivity contribution is 0.0480. The van der Waals surface area contributed by atoms with Crippen LogP contribution in [0.5, 0.6) is 0 Å². The summed E-state index contributed by atoms with van der Waals surface area (Å²) in [6.07, 6.45) is 7.00. The molecule has 0 aromatic carbocycles. The fourth-order valence-corrected chi connectivity index (χ4v) is 4.25. The standard InChI is InChI=1S/C15H29N3/c1-2-15(5-7-16-8-6-15)13-17-10-11-18-9-3-4-14(18)12-17/h14,16H,2-13H2,1H3. The van der Waals surface area contributed by atoms with Crippen molar-refractivity contribution in [1.82, 2.24) is 15.1 Å². The molecule has 1 unspecified atom stereocenters. The predicted octanol–water partition coefficient (Wildman–Crippen LogP) is 1.55. The molecule has 3 fully saturated rings. The van der Waals surface area contributed by atoms with Gasteiger partial charge in [0.2, 0.25) is 0 Å². The summed E-state index contributed by atoms with van der Waals surface area (Å²) in [4.78, 5) is 5.50. The maximum atomic E-state index is 3.52. The molecule has 3 rings (SSSR count). The first kappa shape index (κ1) is 12.9. The Morgan fingerprint density at radius 3 is 2.78 bits per heavy atom. The molecule has 0 aromatic heterocycles. The summed E-state index contributed by atoms with van der Waals surface area (Å²) >= 11 is 0. The van der Waals surface area contributed by atoms with Crippen molar-refractivity contribution >= 4 is 0 Å². The van der Waals surface area contributed by atoms with E-state index in [9.17, 15) is 0 Å². The molecule has 1 atom stereocenters. The fraction of sp³-hybridized carbons (Fsp3) is 1.00. The van der Waals surface area contributed by atoms with Gasteiger partial charge in [-0.25, -0.2) is 0 Å². The Morgan fingerprint density at radius 1 is 1.17 bits per heavy atom. The lowest BCUT2D eigenvalue weighted by Crippen LogP contribution is -2.54. The second-order valence-corrected chi connectivity index (χ2v) is 6.67. The smallest absolute Gasteiger partial charge is 0.0224 e. The Labute approximate surface area is 112 Å². The van der Waals surface area contributed by atoms with E-state index in [4.69, 9.17) is 0 Å². The second kappa shape index (κ2) is 5.48. The van der Waals surface area contributed by atoms with E-state index in [-0.39, 0.29) is 0 Å². The van der Waals surface area contributed by atoms with Crippen molar-refractivity contribution in [3.05, 3.63) is 0 Å². The zero-order chi connectivity index (χ0) is 12.4. The van der Waals surface area contributed by atoms with E-state index >= 15 is 0 Å². The molecule has 3 saturated heterocycles. The minimum Gasteiger partial charge on any atom is -0.317 e. The molecule has 0 saturated carbocycles. The maximum Gasteiger partial charge on any atom is 0.0224 e. The highest BCUT2D eigenvalue weighted by Crippen LogP contribution is 2.34. The van der Waals surface area contributed by atoms with Gasteiger partial charge in [0.1, 0.15) is 0 Å². The summed E-state index contributed by atoms with van der Waals surface area (Å²) in [5, 5.41) is 3.52. The molecule has 0 aromatic rings. The van der Waals surface area contributed by atoms with Gasteiger partial charge in [-0.3, -0.25) is 9.80 Å². The molecule has 3 aliphatic heterocycles. The molecule has 18 heavy (non-hydrogen) atoms. The molecule has 3 aliphatic rings. The summed E-state index contributed by atoms with van der Waals surface area (Å²) in [5.74, 6) is 0. The maximum absolute atomic E-state index is 3.52. The van der Waals surface area contributed by atoms with Gasteiger partial charge in [-0.2, -0.15) is 0 Å². The van der Waals surface area contributed by atoms with Crippen molar-refractivity contribution in [2.24, 2.45) is 5.41 Å². The van der Waals surface area contributed by atoms with E-state index in [0.29, 0.717) is 5.41 Å². The molecule has 3 nitrogen and oxygen atoms in total. The average molecular weight is 251 g/mol. The number of piperidine rings is 1. The van der Waals surface area contributed by atoms with E-state index < -0.39 is 0 Å². The molecular weight excluding hydrogens is 222 g/mol. The molecular formula is C15H29N3. The van der Waals surface area contributed by atoms with E-state index in [1.54, 1.807) is 0 Å². The number of hydrogen-bond donors (Lipinski definition) is 1. The highest BCUT2D eigenvalue weighted by molar-refractivity contribution is 4.91. The van der Waals surface area contributed by atoms with E-state index in [1.807, 2.05) is 0 Å². The Bertz CT molecular complexity index is 273. The minimum absolute atomic E-state index is 0.617. The van der Waals surface area contributed by atoms with Crippen LogP contribution < -0.4 is 5.32 Å². The van der Waals surface area contributed by atoms with Gasteiger partial charge < -0.3 is 5.32 Å². The van der Waals surface area contributed by atoms with Crippen LogP contribution in [0.1, 0.15) is 39.0 Å². The summed E-state index contributed by atoms with van der Waals surface area (Å²) in [6, 6.07) is 0.884. The van der Waals surface area contributed by atoms with Crippen molar-refractivity contribution in [1.29, 1.82) is 0 Å². The number of nitrogens with zero attached hydrogens (tertiary/aromatic N) is 2. The first-order valence-corrected chi connectivity index (χ1v) is 7.98. The van der Waals surface area contributed by atoms with E-state index in [0.717, 1.165) is 6.04 Å². The van der Waals surface area contributed by atoms with Gasteiger partial charge in [0.15, 0.2) is 0 Å². The van der Waals surface area contributed by atoms with Crippen molar-refractivity contribution in [2.75, 3.05) is 45.8 Å². The van der Waals surface area contributed by atoms with Crippen LogP contribution in [-0.4, -0.2) is 61.7 Å². The van der Waals surface area contributed by atoms with Gasteiger partial charge in [0.05, 0.1) is 0 Å². The van der Waals surface area contributed by atoms with E-state index in [2.05, 4.69) is 22.0 Å². The normalized spacial score (nSPS) is 33.5. The lowest BCUT2D eigenvalue weighted by atomic mass is 9.76. The van der Waals surface area contributed by atoms with Crippen LogP contribution in [0.25, 0.3) is 0 Å². The molecule has 0 spiro atoms. The summed E-state index contributed by atoms with van der Waals surface area (Å²) in [6.45, 7) is 11.6. The quantitative estimate of drug-likeness (QED) is 0.821. The molecule has 104 valence electrons. The zero-order valence-corrected chi connectivity index (χ0v) is 12.0. The first-order valence-electron chi connectivity index (χ1n) is 7.98. The SMILES string of the molecule is CCC1(CN2CCN3CCCC3C2)CCNCC1. The molecule has 0 amide bonds. The van der Waals surface area contributed by atoms with Crippen LogP contribution in [0, 0.1) is 5.41 Å². The Hall–Kier alpha value is -0.120. The highest BCUT2D eigenvalue weighted by atomic mass is 15.3. The third-order valence-corrected chi connectivity index (χ3v) is 5.64. The number of rotatable bonds is 3. The predicted molar refractivity (Wildman–Crippen MR) is 75.9 cm³/mol. The van der Waals surface area contributed by atoms with Crippen LogP contribution in [0.15, 0.2) is 0 Å². The summed E-state index contributed by atoms with van der Waals surface area (Å²) < 4.78 is 0.